The topological polar surface area (TPSA) is 86.7 Å². The molecule has 0 radical (unpaired) electrons. The molecular formula is C26H24Cl2F2N2O4S. The molecule has 0 unspecified atom stereocenters. The molecule has 2 N–H and O–H groups in total. The van der Waals surface area contributed by atoms with Crippen LogP contribution >= 0.6 is 23.2 Å². The summed E-state index contributed by atoms with van der Waals surface area (Å²) >= 11 is 12.2. The van der Waals surface area contributed by atoms with Gasteiger partial charge in [-0.15, -0.1) is 0 Å². The van der Waals surface area contributed by atoms with Crippen LogP contribution in [0.25, 0.3) is 0 Å². The molecule has 0 atom stereocenters. The molecule has 1 aliphatic heterocycles. The van der Waals surface area contributed by atoms with Gasteiger partial charge in [-0.25, -0.2) is 22.0 Å². The monoisotopic (exact) mass is 568 g/mol. The van der Waals surface area contributed by atoms with Crippen molar-refractivity contribution in [3.63, 3.8) is 0 Å². The highest BCUT2D eigenvalue weighted by atomic mass is 35.5. The molecule has 1 saturated heterocycles. The number of sulfone groups is 1. The number of rotatable bonds is 9. The van der Waals surface area contributed by atoms with Crippen LogP contribution in [0, 0.1) is 17.0 Å². The van der Waals surface area contributed by atoms with Gasteiger partial charge in [-0.1, -0.05) is 47.5 Å². The van der Waals surface area contributed by atoms with Crippen LogP contribution in [0.5, 0.6) is 0 Å². The van der Waals surface area contributed by atoms with Gasteiger partial charge in [0.05, 0.1) is 17.5 Å². The maximum atomic E-state index is 13.6. The SMILES string of the molecule is O=C(O)NCC1(CS(=O)(=O)Cc2cc(F)cc(F)c2)CN(C(c2ccc(Cl)cc2)c2ccc(Cl)cc2)C1. The van der Waals surface area contributed by atoms with Crippen molar-refractivity contribution in [3.05, 3.63) is 105 Å². The van der Waals surface area contributed by atoms with Crippen LogP contribution in [-0.4, -0.2) is 49.9 Å². The highest BCUT2D eigenvalue weighted by molar-refractivity contribution is 7.90. The standard InChI is InChI=1S/C26H24Cl2F2N2O4S/c27-20-5-1-18(2-6-20)24(19-3-7-21(28)8-4-19)32-14-26(15-32,13-31-25(33)34)16-37(35,36)12-17-9-22(29)11-23(30)10-17/h1-11,24,31H,12-16H2,(H,33,34). The third-order valence-electron chi connectivity index (χ3n) is 6.26. The van der Waals surface area contributed by atoms with Crippen molar-refractivity contribution in [2.75, 3.05) is 25.4 Å². The summed E-state index contributed by atoms with van der Waals surface area (Å²) in [4.78, 5) is 13.3. The summed E-state index contributed by atoms with van der Waals surface area (Å²) in [7, 11) is -3.85. The summed E-state index contributed by atoms with van der Waals surface area (Å²) in [6, 6.07) is 17.0. The molecule has 1 amide bonds. The van der Waals surface area contributed by atoms with Gasteiger partial charge in [0.15, 0.2) is 9.84 Å². The molecule has 4 rings (SSSR count). The Morgan fingerprint density at radius 2 is 1.43 bits per heavy atom. The fourth-order valence-corrected chi connectivity index (χ4v) is 7.13. The Labute approximate surface area is 223 Å². The molecule has 1 fully saturated rings. The van der Waals surface area contributed by atoms with E-state index in [0.717, 1.165) is 23.3 Å². The van der Waals surface area contributed by atoms with Gasteiger partial charge in [-0.2, -0.15) is 0 Å². The summed E-state index contributed by atoms with van der Waals surface area (Å²) in [5.41, 5.74) is 0.907. The molecule has 3 aromatic carbocycles. The minimum atomic E-state index is -3.85. The zero-order chi connectivity index (χ0) is 26.8. The molecule has 37 heavy (non-hydrogen) atoms. The number of hydrogen-bond donors (Lipinski definition) is 2. The van der Waals surface area contributed by atoms with Crippen molar-refractivity contribution >= 4 is 39.1 Å². The normalized spacial score (nSPS) is 15.4. The second-order valence-electron chi connectivity index (χ2n) is 9.38. The van der Waals surface area contributed by atoms with Crippen molar-refractivity contribution in [3.8, 4) is 0 Å². The number of hydrogen-bond acceptors (Lipinski definition) is 4. The molecule has 11 heteroatoms. The fourth-order valence-electron chi connectivity index (χ4n) is 4.89. The van der Waals surface area contributed by atoms with E-state index in [2.05, 4.69) is 5.32 Å². The van der Waals surface area contributed by atoms with E-state index < -0.39 is 38.7 Å². The second-order valence-corrected chi connectivity index (χ2v) is 12.3. The Morgan fingerprint density at radius 1 is 0.946 bits per heavy atom. The van der Waals surface area contributed by atoms with E-state index in [0.29, 0.717) is 16.1 Å². The van der Waals surface area contributed by atoms with Gasteiger partial charge < -0.3 is 10.4 Å². The van der Waals surface area contributed by atoms with Crippen LogP contribution in [0.3, 0.4) is 0 Å². The second kappa shape index (κ2) is 10.9. The number of nitrogens with one attached hydrogen (secondary N) is 1. The number of carboxylic acid groups (broad SMARTS) is 1. The molecule has 0 aromatic heterocycles. The molecule has 0 spiro atoms. The molecule has 1 heterocycles. The zero-order valence-electron chi connectivity index (χ0n) is 19.5. The number of nitrogens with zero attached hydrogens (tertiary/aromatic N) is 1. The number of benzene rings is 3. The van der Waals surface area contributed by atoms with Gasteiger partial charge in [0, 0.05) is 41.2 Å². The molecule has 0 bridgehead atoms. The van der Waals surface area contributed by atoms with Crippen molar-refractivity contribution in [2.24, 2.45) is 5.41 Å². The molecule has 0 saturated carbocycles. The highest BCUT2D eigenvalue weighted by Crippen LogP contribution is 2.41. The van der Waals surface area contributed by atoms with Crippen molar-refractivity contribution < 1.29 is 27.1 Å². The average Bonchev–Trinajstić information content (AvgIpc) is 2.77. The van der Waals surface area contributed by atoms with E-state index in [9.17, 15) is 27.1 Å². The molecular weight excluding hydrogens is 545 g/mol. The first-order valence-electron chi connectivity index (χ1n) is 11.3. The summed E-state index contributed by atoms with van der Waals surface area (Å²) in [5, 5.41) is 12.7. The number of carbonyl (C=O) groups is 1. The number of likely N-dealkylation sites (tertiary alicyclic amines) is 1. The summed E-state index contributed by atoms with van der Waals surface area (Å²) in [6.45, 7) is 0.434. The van der Waals surface area contributed by atoms with Crippen LogP contribution in [-0.2, 0) is 15.6 Å². The molecule has 6 nitrogen and oxygen atoms in total. The van der Waals surface area contributed by atoms with E-state index in [4.69, 9.17) is 23.2 Å². The van der Waals surface area contributed by atoms with E-state index in [1.165, 1.54) is 0 Å². The lowest BCUT2D eigenvalue weighted by Gasteiger charge is -2.53. The lowest BCUT2D eigenvalue weighted by Crippen LogP contribution is -2.64. The summed E-state index contributed by atoms with van der Waals surface area (Å²) < 4.78 is 53.4. The maximum Gasteiger partial charge on any atom is 0.404 e. The Morgan fingerprint density at radius 3 is 1.89 bits per heavy atom. The van der Waals surface area contributed by atoms with Crippen molar-refractivity contribution in [1.82, 2.24) is 10.2 Å². The van der Waals surface area contributed by atoms with Crippen LogP contribution in [0.4, 0.5) is 13.6 Å². The molecule has 0 aliphatic carbocycles. The van der Waals surface area contributed by atoms with E-state index in [1.807, 2.05) is 29.2 Å². The van der Waals surface area contributed by atoms with Crippen LogP contribution in [0.2, 0.25) is 10.0 Å². The predicted molar refractivity (Wildman–Crippen MR) is 139 cm³/mol. The lowest BCUT2D eigenvalue weighted by atomic mass is 9.78. The van der Waals surface area contributed by atoms with Crippen LogP contribution < -0.4 is 5.32 Å². The van der Waals surface area contributed by atoms with Crippen molar-refractivity contribution in [2.45, 2.75) is 11.8 Å². The van der Waals surface area contributed by atoms with Gasteiger partial charge in [-0.3, -0.25) is 4.90 Å². The Kier molecular flexibility index (Phi) is 8.08. The minimum Gasteiger partial charge on any atom is -0.465 e. The molecule has 3 aromatic rings. The summed E-state index contributed by atoms with van der Waals surface area (Å²) in [5.74, 6) is -2.65. The third-order valence-corrected chi connectivity index (χ3v) is 8.59. The van der Waals surface area contributed by atoms with Gasteiger partial charge in [-0.05, 0) is 53.1 Å². The van der Waals surface area contributed by atoms with Crippen molar-refractivity contribution in [1.29, 1.82) is 0 Å². The highest BCUT2D eigenvalue weighted by Gasteiger charge is 2.49. The van der Waals surface area contributed by atoms with Crippen LogP contribution in [0.1, 0.15) is 22.7 Å². The zero-order valence-corrected chi connectivity index (χ0v) is 21.8. The van der Waals surface area contributed by atoms with E-state index in [1.54, 1.807) is 24.3 Å². The van der Waals surface area contributed by atoms with Gasteiger partial charge in [0.25, 0.3) is 0 Å². The minimum absolute atomic E-state index is 0.00442. The van der Waals surface area contributed by atoms with E-state index >= 15 is 0 Å². The Bertz CT molecular complexity index is 1310. The third kappa shape index (κ3) is 6.98. The molecule has 1 aliphatic rings. The van der Waals surface area contributed by atoms with Gasteiger partial charge in [0.1, 0.15) is 11.6 Å². The van der Waals surface area contributed by atoms with Crippen LogP contribution in [0.15, 0.2) is 66.7 Å². The van der Waals surface area contributed by atoms with Gasteiger partial charge in [0.2, 0.25) is 0 Å². The first-order valence-corrected chi connectivity index (χ1v) is 13.9. The first kappa shape index (κ1) is 27.3. The first-order chi connectivity index (χ1) is 17.4. The molecule has 196 valence electrons. The van der Waals surface area contributed by atoms with E-state index in [-0.39, 0.29) is 37.0 Å². The number of amides is 1. The maximum absolute atomic E-state index is 13.6. The quantitative estimate of drug-likeness (QED) is 0.353. The average molecular weight is 569 g/mol. The lowest BCUT2D eigenvalue weighted by molar-refractivity contribution is -0.00393. The fraction of sp³-hybridized carbons (Fsp3) is 0.269. The Hall–Kier alpha value is -2.72. The predicted octanol–water partition coefficient (Wildman–Crippen LogP) is 5.55. The largest absolute Gasteiger partial charge is 0.465 e. The Balaban J connectivity index is 1.60. The number of halogens is 4. The van der Waals surface area contributed by atoms with Gasteiger partial charge >= 0.3 is 6.09 Å². The smallest absolute Gasteiger partial charge is 0.404 e. The summed E-state index contributed by atoms with van der Waals surface area (Å²) in [6.07, 6.45) is -1.27.